The number of nitrogens with zero attached hydrogens (tertiary/aromatic N) is 1. The fraction of sp³-hybridized carbons (Fsp3) is 0. The van der Waals surface area contributed by atoms with Crippen molar-refractivity contribution in [1.29, 1.82) is 0 Å². The maximum Gasteiger partial charge on any atom is 0.271 e. The highest BCUT2D eigenvalue weighted by Crippen LogP contribution is 2.28. The van der Waals surface area contributed by atoms with Gasteiger partial charge in [0.1, 0.15) is 5.75 Å². The molecule has 3 N–H and O–H groups in total. The smallest absolute Gasteiger partial charge is 0.271 e. The molecular weight excluding hydrogens is 286 g/mol. The lowest BCUT2D eigenvalue weighted by Crippen LogP contribution is -2.12. The molecule has 0 unspecified atom stereocenters. The van der Waals surface area contributed by atoms with E-state index >= 15 is 0 Å². The van der Waals surface area contributed by atoms with Gasteiger partial charge in [-0.05, 0) is 30.3 Å². The highest BCUT2D eigenvalue weighted by molar-refractivity contribution is 6.07. The summed E-state index contributed by atoms with van der Waals surface area (Å²) in [6.45, 7) is 0. The van der Waals surface area contributed by atoms with Gasteiger partial charge in [-0.15, -0.1) is 0 Å². The van der Waals surface area contributed by atoms with Crippen molar-refractivity contribution < 1.29 is 14.8 Å². The molecule has 22 heavy (non-hydrogen) atoms. The van der Waals surface area contributed by atoms with Gasteiger partial charge in [0.2, 0.25) is 0 Å². The lowest BCUT2D eigenvalue weighted by atomic mass is 10.1. The second-order valence-electron chi connectivity index (χ2n) is 4.69. The molecule has 0 bridgehead atoms. The molecule has 110 valence electrons. The number of H-pyrrole nitrogens is 1. The van der Waals surface area contributed by atoms with Crippen LogP contribution >= 0.6 is 0 Å². The van der Waals surface area contributed by atoms with Crippen molar-refractivity contribution in [2.24, 2.45) is 0 Å². The van der Waals surface area contributed by atoms with Crippen molar-refractivity contribution in [2.75, 3.05) is 5.32 Å². The van der Waals surface area contributed by atoms with Crippen LogP contribution in [0, 0.1) is 10.1 Å². The Bertz CT molecular complexity index is 885. The number of phenolic OH excluding ortho intramolecular Hbond substituents is 1. The number of fused-ring (bicyclic) bond motifs is 1. The Kier molecular flexibility index (Phi) is 3.23. The Morgan fingerprint density at radius 1 is 1.18 bits per heavy atom. The number of benzene rings is 2. The molecular formula is C15H11N3O4. The molecule has 0 aliphatic heterocycles. The molecule has 0 aliphatic carbocycles. The first-order chi connectivity index (χ1) is 10.5. The number of hydrogen-bond donors (Lipinski definition) is 3. The van der Waals surface area contributed by atoms with Gasteiger partial charge in [-0.25, -0.2) is 0 Å². The molecule has 0 radical (unpaired) electrons. The van der Waals surface area contributed by atoms with Crippen LogP contribution in [0.5, 0.6) is 5.75 Å². The Labute approximate surface area is 124 Å². The predicted octanol–water partition coefficient (Wildman–Crippen LogP) is 3.03. The molecule has 1 aromatic heterocycles. The highest BCUT2D eigenvalue weighted by Gasteiger charge is 2.14. The summed E-state index contributed by atoms with van der Waals surface area (Å²) in [5.41, 5.74) is 1.07. The molecule has 0 saturated carbocycles. The number of rotatable bonds is 3. The topological polar surface area (TPSA) is 108 Å². The molecule has 2 aromatic carbocycles. The normalized spacial score (nSPS) is 10.5. The third-order valence-electron chi connectivity index (χ3n) is 3.25. The van der Waals surface area contributed by atoms with Crippen LogP contribution in [0.3, 0.4) is 0 Å². The summed E-state index contributed by atoms with van der Waals surface area (Å²) < 4.78 is 0. The number of aromatic hydroxyl groups is 1. The van der Waals surface area contributed by atoms with Crippen molar-refractivity contribution in [3.63, 3.8) is 0 Å². The van der Waals surface area contributed by atoms with Gasteiger partial charge in [0, 0.05) is 34.8 Å². The molecule has 0 atom stereocenters. The first-order valence-corrected chi connectivity index (χ1v) is 6.40. The maximum atomic E-state index is 12.2. The van der Waals surface area contributed by atoms with Crippen LogP contribution in [0.25, 0.3) is 10.9 Å². The largest absolute Gasteiger partial charge is 0.506 e. The number of nitrogens with one attached hydrogen (secondary N) is 2. The van der Waals surface area contributed by atoms with Crippen molar-refractivity contribution >= 4 is 28.2 Å². The van der Waals surface area contributed by atoms with Crippen molar-refractivity contribution in [3.05, 3.63) is 64.3 Å². The zero-order chi connectivity index (χ0) is 15.7. The van der Waals surface area contributed by atoms with E-state index in [4.69, 9.17) is 0 Å². The summed E-state index contributed by atoms with van der Waals surface area (Å²) in [6, 6.07) is 10.4. The Balaban J connectivity index is 1.90. The van der Waals surface area contributed by atoms with Crippen LogP contribution in [-0.4, -0.2) is 20.9 Å². The molecule has 7 heteroatoms. The van der Waals surface area contributed by atoms with Crippen LogP contribution < -0.4 is 5.32 Å². The number of non-ortho nitro benzene ring substituents is 1. The van der Waals surface area contributed by atoms with Crippen LogP contribution in [0.1, 0.15) is 10.4 Å². The lowest BCUT2D eigenvalue weighted by Gasteiger charge is -2.07. The minimum Gasteiger partial charge on any atom is -0.506 e. The van der Waals surface area contributed by atoms with E-state index in [9.17, 15) is 20.0 Å². The van der Waals surface area contributed by atoms with Crippen molar-refractivity contribution in [3.8, 4) is 5.75 Å². The number of anilines is 1. The number of carbonyl (C=O) groups excluding carboxylic acids is 1. The standard InChI is InChI=1S/C15H11N3O4/c19-14-4-2-11(18(21)22)8-13(14)17-15(20)10-1-3-12-9(7-10)5-6-16-12/h1-8,16,19H,(H,17,20). The van der Waals surface area contributed by atoms with Gasteiger partial charge in [-0.1, -0.05) is 0 Å². The minimum atomic E-state index is -0.596. The second kappa shape index (κ2) is 5.21. The predicted molar refractivity (Wildman–Crippen MR) is 81.0 cm³/mol. The molecule has 0 saturated heterocycles. The summed E-state index contributed by atoms with van der Waals surface area (Å²) in [4.78, 5) is 25.4. The average molecular weight is 297 g/mol. The third kappa shape index (κ3) is 2.47. The number of nitro groups is 1. The molecule has 0 aliphatic rings. The van der Waals surface area contributed by atoms with Crippen LogP contribution in [-0.2, 0) is 0 Å². The van der Waals surface area contributed by atoms with E-state index in [-0.39, 0.29) is 17.1 Å². The number of aromatic amines is 1. The Hall–Kier alpha value is -3.35. The van der Waals surface area contributed by atoms with Crippen molar-refractivity contribution in [1.82, 2.24) is 4.98 Å². The Morgan fingerprint density at radius 2 is 2.00 bits per heavy atom. The zero-order valence-corrected chi connectivity index (χ0v) is 11.2. The van der Waals surface area contributed by atoms with E-state index in [0.717, 1.165) is 23.0 Å². The molecule has 0 fully saturated rings. The van der Waals surface area contributed by atoms with Crippen molar-refractivity contribution in [2.45, 2.75) is 0 Å². The first-order valence-electron chi connectivity index (χ1n) is 6.40. The van der Waals surface area contributed by atoms with E-state index in [2.05, 4.69) is 10.3 Å². The van der Waals surface area contributed by atoms with Gasteiger partial charge in [-0.2, -0.15) is 0 Å². The monoisotopic (exact) mass is 297 g/mol. The number of carbonyl (C=O) groups is 1. The lowest BCUT2D eigenvalue weighted by molar-refractivity contribution is -0.384. The maximum absolute atomic E-state index is 12.2. The fourth-order valence-electron chi connectivity index (χ4n) is 2.13. The van der Waals surface area contributed by atoms with Crippen LogP contribution in [0.2, 0.25) is 0 Å². The SMILES string of the molecule is O=C(Nc1cc([N+](=O)[O-])ccc1O)c1ccc2[nH]ccc2c1. The van der Waals surface area contributed by atoms with E-state index in [1.807, 2.05) is 6.07 Å². The quantitative estimate of drug-likeness (QED) is 0.392. The average Bonchev–Trinajstić information content (AvgIpc) is 2.96. The molecule has 1 heterocycles. The number of aromatic nitrogens is 1. The minimum absolute atomic E-state index is 0.00614. The van der Waals surface area contributed by atoms with Gasteiger partial charge in [-0.3, -0.25) is 14.9 Å². The summed E-state index contributed by atoms with van der Waals surface area (Å²) in [6.07, 6.45) is 1.76. The highest BCUT2D eigenvalue weighted by atomic mass is 16.6. The number of hydrogen-bond acceptors (Lipinski definition) is 4. The molecule has 7 nitrogen and oxygen atoms in total. The first kappa shape index (κ1) is 13.6. The van der Waals surface area contributed by atoms with Gasteiger partial charge < -0.3 is 15.4 Å². The number of phenols is 1. The van der Waals surface area contributed by atoms with Gasteiger partial charge in [0.15, 0.2) is 0 Å². The zero-order valence-electron chi connectivity index (χ0n) is 11.2. The van der Waals surface area contributed by atoms with E-state index < -0.39 is 10.8 Å². The van der Waals surface area contributed by atoms with Gasteiger partial charge in [0.25, 0.3) is 11.6 Å². The number of amides is 1. The molecule has 3 aromatic rings. The third-order valence-corrected chi connectivity index (χ3v) is 3.25. The van der Waals surface area contributed by atoms with E-state index in [0.29, 0.717) is 5.56 Å². The van der Waals surface area contributed by atoms with Crippen LogP contribution in [0.15, 0.2) is 48.7 Å². The summed E-state index contributed by atoms with van der Waals surface area (Å²) in [5, 5.41) is 23.8. The van der Waals surface area contributed by atoms with Gasteiger partial charge in [0.05, 0.1) is 10.6 Å². The van der Waals surface area contributed by atoms with E-state index in [1.165, 1.54) is 6.07 Å². The second-order valence-corrected chi connectivity index (χ2v) is 4.69. The van der Waals surface area contributed by atoms with Crippen LogP contribution in [0.4, 0.5) is 11.4 Å². The molecule has 0 spiro atoms. The summed E-state index contributed by atoms with van der Waals surface area (Å²) >= 11 is 0. The number of nitro benzene ring substituents is 1. The van der Waals surface area contributed by atoms with Gasteiger partial charge >= 0.3 is 0 Å². The Morgan fingerprint density at radius 3 is 2.77 bits per heavy atom. The fourth-order valence-corrected chi connectivity index (χ4v) is 2.13. The summed E-state index contributed by atoms with van der Waals surface area (Å²) in [7, 11) is 0. The van der Waals surface area contributed by atoms with E-state index in [1.54, 1.807) is 24.4 Å². The molecule has 1 amide bonds. The summed E-state index contributed by atoms with van der Waals surface area (Å²) in [5.74, 6) is -0.694. The molecule has 3 rings (SSSR count).